The van der Waals surface area contributed by atoms with Crippen molar-refractivity contribution in [2.24, 2.45) is 5.73 Å². The highest BCUT2D eigenvalue weighted by molar-refractivity contribution is 5.79. The Labute approximate surface area is 94.5 Å². The van der Waals surface area contributed by atoms with Crippen molar-refractivity contribution in [1.29, 1.82) is 0 Å². The van der Waals surface area contributed by atoms with E-state index < -0.39 is 42.0 Å². The van der Waals surface area contributed by atoms with Gasteiger partial charge in [0.25, 0.3) is 0 Å². The number of hydrogen-bond acceptors (Lipinski definition) is 3. The lowest BCUT2D eigenvalue weighted by Crippen LogP contribution is -2.52. The molecule has 0 bridgehead atoms. The molecule has 0 aromatic heterocycles. The van der Waals surface area contributed by atoms with Gasteiger partial charge in [0, 0.05) is 6.42 Å². The minimum absolute atomic E-state index is 0.152. The van der Waals surface area contributed by atoms with Gasteiger partial charge in [0.15, 0.2) is 17.4 Å². The molecule has 17 heavy (non-hydrogen) atoms. The first-order valence-corrected chi connectivity index (χ1v) is 4.55. The summed E-state index contributed by atoms with van der Waals surface area (Å²) in [4.78, 5) is 10.7. The number of carboxylic acid groups (broad SMARTS) is 1. The fourth-order valence-electron chi connectivity index (χ4n) is 1.26. The molecule has 0 heterocycles. The van der Waals surface area contributed by atoms with Crippen molar-refractivity contribution in [2.45, 2.75) is 12.0 Å². The monoisotopic (exact) mass is 249 g/mol. The first-order chi connectivity index (χ1) is 7.80. The van der Waals surface area contributed by atoms with Crippen LogP contribution in [0.4, 0.5) is 13.2 Å². The lowest BCUT2D eigenvalue weighted by Gasteiger charge is -2.20. The normalized spacial score (nSPS) is 14.4. The standard InChI is InChI=1S/C10H10F3NO3/c11-4-10(14,9(16)17)3-5-1-6(12)8(15)7(13)2-5/h1-2,15H,3-4,14H2,(H,16,17). The fraction of sp³-hybridized carbons (Fsp3) is 0.300. The van der Waals surface area contributed by atoms with Crippen LogP contribution in [0.5, 0.6) is 5.75 Å². The van der Waals surface area contributed by atoms with Gasteiger partial charge >= 0.3 is 5.97 Å². The lowest BCUT2D eigenvalue weighted by atomic mass is 9.93. The smallest absolute Gasteiger partial charge is 0.326 e. The van der Waals surface area contributed by atoms with Gasteiger partial charge in [0.05, 0.1) is 0 Å². The van der Waals surface area contributed by atoms with Crippen LogP contribution in [0.1, 0.15) is 5.56 Å². The van der Waals surface area contributed by atoms with E-state index in [1.54, 1.807) is 0 Å². The summed E-state index contributed by atoms with van der Waals surface area (Å²) in [6, 6.07) is 1.41. The number of rotatable bonds is 4. The summed E-state index contributed by atoms with van der Waals surface area (Å²) in [5, 5.41) is 17.5. The molecule has 1 rings (SSSR count). The quantitative estimate of drug-likeness (QED) is 0.742. The molecular weight excluding hydrogens is 239 g/mol. The Balaban J connectivity index is 3.07. The molecule has 0 aliphatic carbocycles. The molecule has 1 aromatic carbocycles. The third-order valence-corrected chi connectivity index (χ3v) is 2.26. The first kappa shape index (κ1) is 13.3. The minimum Gasteiger partial charge on any atom is -0.503 e. The number of phenolic OH excluding ortho intramolecular Hbond substituents is 1. The maximum atomic E-state index is 12.9. The molecular formula is C10H10F3NO3. The van der Waals surface area contributed by atoms with E-state index in [0.29, 0.717) is 12.1 Å². The van der Waals surface area contributed by atoms with Gasteiger partial charge in [-0.3, -0.25) is 4.79 Å². The van der Waals surface area contributed by atoms with Crippen molar-refractivity contribution in [2.75, 3.05) is 6.67 Å². The van der Waals surface area contributed by atoms with Crippen molar-refractivity contribution >= 4 is 5.97 Å². The number of alkyl halides is 1. The molecule has 0 radical (unpaired) electrons. The van der Waals surface area contributed by atoms with Crippen LogP contribution in [0.2, 0.25) is 0 Å². The summed E-state index contributed by atoms with van der Waals surface area (Å²) in [5.74, 6) is -5.31. The van der Waals surface area contributed by atoms with Gasteiger partial charge in [-0.25, -0.2) is 13.2 Å². The van der Waals surface area contributed by atoms with Crippen molar-refractivity contribution in [3.8, 4) is 5.75 Å². The van der Waals surface area contributed by atoms with Crippen LogP contribution in [-0.2, 0) is 11.2 Å². The van der Waals surface area contributed by atoms with Gasteiger partial charge in [-0.05, 0) is 17.7 Å². The number of carbonyl (C=O) groups is 1. The minimum atomic E-state index is -2.24. The zero-order valence-electron chi connectivity index (χ0n) is 8.58. The van der Waals surface area contributed by atoms with Gasteiger partial charge in [0.1, 0.15) is 12.2 Å². The molecule has 1 atom stereocenters. The van der Waals surface area contributed by atoms with E-state index in [9.17, 15) is 18.0 Å². The Hall–Kier alpha value is -1.76. The maximum absolute atomic E-state index is 12.9. The number of aromatic hydroxyl groups is 1. The second-order valence-corrected chi connectivity index (χ2v) is 3.68. The van der Waals surface area contributed by atoms with E-state index in [1.807, 2.05) is 0 Å². The number of hydrogen-bond donors (Lipinski definition) is 3. The largest absolute Gasteiger partial charge is 0.503 e. The van der Waals surface area contributed by atoms with Gasteiger partial charge in [-0.15, -0.1) is 0 Å². The summed E-state index contributed by atoms with van der Waals surface area (Å²) >= 11 is 0. The SMILES string of the molecule is NC(CF)(Cc1cc(F)c(O)c(F)c1)C(=O)O. The number of carboxylic acids is 1. The molecule has 0 amide bonds. The van der Waals surface area contributed by atoms with Crippen molar-refractivity contribution < 1.29 is 28.2 Å². The number of nitrogens with two attached hydrogens (primary N) is 1. The second-order valence-electron chi connectivity index (χ2n) is 3.68. The van der Waals surface area contributed by atoms with E-state index in [0.717, 1.165) is 0 Å². The molecule has 0 fully saturated rings. The molecule has 0 aliphatic heterocycles. The summed E-state index contributed by atoms with van der Waals surface area (Å²) in [7, 11) is 0. The Morgan fingerprint density at radius 3 is 2.18 bits per heavy atom. The average Bonchev–Trinajstić information content (AvgIpc) is 2.25. The van der Waals surface area contributed by atoms with Crippen LogP contribution in [-0.4, -0.2) is 28.4 Å². The summed E-state index contributed by atoms with van der Waals surface area (Å²) in [6.07, 6.45) is -0.590. The second kappa shape index (κ2) is 4.62. The van der Waals surface area contributed by atoms with Crippen molar-refractivity contribution in [1.82, 2.24) is 0 Å². The predicted molar refractivity (Wildman–Crippen MR) is 52.3 cm³/mol. The summed E-state index contributed by atoms with van der Waals surface area (Å²) < 4.78 is 38.4. The molecule has 0 aliphatic rings. The maximum Gasteiger partial charge on any atom is 0.326 e. The molecule has 1 unspecified atom stereocenters. The van der Waals surface area contributed by atoms with Crippen LogP contribution in [0.3, 0.4) is 0 Å². The fourth-order valence-corrected chi connectivity index (χ4v) is 1.26. The van der Waals surface area contributed by atoms with E-state index in [4.69, 9.17) is 15.9 Å². The Bertz CT molecular complexity index is 429. The number of aliphatic carboxylic acids is 1. The third kappa shape index (κ3) is 2.68. The van der Waals surface area contributed by atoms with E-state index in [-0.39, 0.29) is 5.56 Å². The average molecular weight is 249 g/mol. The van der Waals surface area contributed by atoms with Crippen LogP contribution < -0.4 is 5.73 Å². The Morgan fingerprint density at radius 1 is 1.35 bits per heavy atom. The molecule has 4 nitrogen and oxygen atoms in total. The van der Waals surface area contributed by atoms with E-state index in [2.05, 4.69) is 0 Å². The van der Waals surface area contributed by atoms with Crippen molar-refractivity contribution in [3.63, 3.8) is 0 Å². The number of benzene rings is 1. The van der Waals surface area contributed by atoms with Gasteiger partial charge in [-0.1, -0.05) is 0 Å². The Morgan fingerprint density at radius 2 is 1.82 bits per heavy atom. The van der Waals surface area contributed by atoms with Crippen LogP contribution in [0.25, 0.3) is 0 Å². The Kier molecular flexibility index (Phi) is 3.62. The molecule has 0 spiro atoms. The van der Waals surface area contributed by atoms with Crippen LogP contribution in [0, 0.1) is 11.6 Å². The molecule has 0 saturated heterocycles. The van der Waals surface area contributed by atoms with Gasteiger partial charge in [0.2, 0.25) is 0 Å². The van der Waals surface area contributed by atoms with E-state index in [1.165, 1.54) is 0 Å². The van der Waals surface area contributed by atoms with Gasteiger partial charge in [-0.2, -0.15) is 0 Å². The molecule has 4 N–H and O–H groups in total. The zero-order chi connectivity index (χ0) is 13.2. The molecule has 0 saturated carbocycles. The zero-order valence-corrected chi connectivity index (χ0v) is 8.58. The predicted octanol–water partition coefficient (Wildman–Crippen LogP) is 0.964. The topological polar surface area (TPSA) is 83.5 Å². The highest BCUT2D eigenvalue weighted by Gasteiger charge is 2.34. The molecule has 1 aromatic rings. The number of phenols is 1. The highest BCUT2D eigenvalue weighted by atomic mass is 19.1. The number of halogens is 3. The molecule has 7 heteroatoms. The summed E-state index contributed by atoms with van der Waals surface area (Å²) in [6.45, 7) is -1.38. The first-order valence-electron chi connectivity index (χ1n) is 4.55. The van der Waals surface area contributed by atoms with Crippen molar-refractivity contribution in [3.05, 3.63) is 29.3 Å². The molecule has 94 valence electrons. The van der Waals surface area contributed by atoms with E-state index >= 15 is 0 Å². The lowest BCUT2D eigenvalue weighted by molar-refractivity contribution is -0.143. The third-order valence-electron chi connectivity index (χ3n) is 2.26. The van der Waals surface area contributed by atoms with Crippen LogP contribution >= 0.6 is 0 Å². The summed E-state index contributed by atoms with van der Waals surface area (Å²) in [5.41, 5.74) is 2.84. The van der Waals surface area contributed by atoms with Crippen LogP contribution in [0.15, 0.2) is 12.1 Å². The van der Waals surface area contributed by atoms with Gasteiger partial charge < -0.3 is 15.9 Å². The highest BCUT2D eigenvalue weighted by Crippen LogP contribution is 2.23.